The zero-order valence-corrected chi connectivity index (χ0v) is 14.1. The van der Waals surface area contributed by atoms with Crippen LogP contribution in [0.2, 0.25) is 0 Å². The number of hydrogen-bond donors (Lipinski definition) is 2. The Morgan fingerprint density at radius 1 is 1.21 bits per heavy atom. The van der Waals surface area contributed by atoms with Crippen LogP contribution in [0, 0.1) is 11.3 Å². The molecule has 0 radical (unpaired) electrons. The summed E-state index contributed by atoms with van der Waals surface area (Å²) >= 11 is 5.52. The molecule has 2 aromatic rings. The molecule has 0 spiro atoms. The van der Waals surface area contributed by atoms with E-state index in [1.165, 1.54) is 0 Å². The van der Waals surface area contributed by atoms with Crippen molar-refractivity contribution in [3.8, 4) is 11.8 Å². The fourth-order valence-corrected chi connectivity index (χ4v) is 2.91. The fraction of sp³-hybridized carbons (Fsp3) is 0.158. The monoisotopic (exact) mass is 336 g/mol. The predicted molar refractivity (Wildman–Crippen MR) is 98.1 cm³/mol. The van der Waals surface area contributed by atoms with E-state index in [1.807, 2.05) is 30.3 Å². The van der Waals surface area contributed by atoms with Crippen molar-refractivity contribution in [2.45, 2.75) is 19.4 Å². The van der Waals surface area contributed by atoms with Crippen molar-refractivity contribution in [3.05, 3.63) is 65.4 Å². The number of thiocarbonyl (C=S) groups is 1. The second kappa shape index (κ2) is 5.99. The molecule has 24 heavy (non-hydrogen) atoms. The molecule has 0 saturated carbocycles. The molecule has 0 bridgehead atoms. The summed E-state index contributed by atoms with van der Waals surface area (Å²) in [5.74, 6) is 0.627. The zero-order chi connectivity index (χ0) is 17.3. The summed E-state index contributed by atoms with van der Waals surface area (Å²) in [5.41, 5.74) is 1.49. The molecule has 0 aliphatic carbocycles. The maximum absolute atomic E-state index is 10.7. The van der Waals surface area contributed by atoms with Gasteiger partial charge in [-0.25, -0.2) is 0 Å². The number of aliphatic hydroxyl groups excluding tert-OH is 1. The molecule has 1 aliphatic heterocycles. The minimum Gasteiger partial charge on any atom is -0.507 e. The van der Waals surface area contributed by atoms with E-state index in [4.69, 9.17) is 22.2 Å². The van der Waals surface area contributed by atoms with Crippen LogP contribution in [-0.2, 0) is 0 Å². The number of para-hydroxylation sites is 1. The molecule has 1 aliphatic rings. The first-order chi connectivity index (χ1) is 11.4. The summed E-state index contributed by atoms with van der Waals surface area (Å²) < 4.78 is 5.86. The number of nitriles is 1. The van der Waals surface area contributed by atoms with Gasteiger partial charge in [-0.2, -0.15) is 5.26 Å². The first kappa shape index (κ1) is 16.0. The normalized spacial score (nSPS) is 15.0. The van der Waals surface area contributed by atoms with Gasteiger partial charge in [-0.15, -0.1) is 0 Å². The number of anilines is 1. The quantitative estimate of drug-likeness (QED) is 0.794. The molecule has 2 N–H and O–H groups in total. The van der Waals surface area contributed by atoms with Gasteiger partial charge in [0.2, 0.25) is 0 Å². The van der Waals surface area contributed by atoms with E-state index in [-0.39, 0.29) is 5.76 Å². The van der Waals surface area contributed by atoms with Crippen molar-refractivity contribution in [2.75, 3.05) is 5.32 Å². The molecule has 0 atom stereocenters. The minimum atomic E-state index is -0.904. The Morgan fingerprint density at radius 2 is 1.92 bits per heavy atom. The van der Waals surface area contributed by atoms with Crippen LogP contribution in [-0.4, -0.2) is 15.7 Å². The highest BCUT2D eigenvalue weighted by atomic mass is 32.1. The van der Waals surface area contributed by atoms with Crippen molar-refractivity contribution in [2.24, 2.45) is 0 Å². The first-order valence-corrected chi connectivity index (χ1v) is 7.87. The number of hydrogen-bond acceptors (Lipinski definition) is 4. The maximum atomic E-state index is 10.7. The fourth-order valence-electron chi connectivity index (χ4n) is 2.58. The van der Waals surface area contributed by atoms with Crippen LogP contribution < -0.4 is 10.1 Å². The highest BCUT2D eigenvalue weighted by molar-refractivity contribution is 7.81. The minimum absolute atomic E-state index is 0.0403. The Morgan fingerprint density at radius 3 is 2.58 bits per heavy atom. The number of benzene rings is 2. The molecule has 0 amide bonds. The lowest BCUT2D eigenvalue weighted by molar-refractivity contribution is 0.0928. The van der Waals surface area contributed by atoms with Gasteiger partial charge in [-0.1, -0.05) is 30.4 Å². The number of rotatable bonds is 2. The number of fused-ring (bicyclic) bond motifs is 1. The molecule has 3 rings (SSSR count). The van der Waals surface area contributed by atoms with Crippen LogP contribution in [0.5, 0.6) is 5.75 Å². The first-order valence-electron chi connectivity index (χ1n) is 7.46. The molecule has 1 heterocycles. The summed E-state index contributed by atoms with van der Waals surface area (Å²) in [5, 5.41) is 23.0. The predicted octanol–water partition coefficient (Wildman–Crippen LogP) is 4.44. The molecular weight excluding hydrogens is 320 g/mol. The van der Waals surface area contributed by atoms with Crippen LogP contribution in [0.25, 0.3) is 5.57 Å². The van der Waals surface area contributed by atoms with Crippen molar-refractivity contribution in [1.29, 1.82) is 5.26 Å². The lowest BCUT2D eigenvalue weighted by Gasteiger charge is -2.34. The van der Waals surface area contributed by atoms with Gasteiger partial charge in [-0.05, 0) is 44.2 Å². The van der Waals surface area contributed by atoms with Crippen molar-refractivity contribution < 1.29 is 9.84 Å². The van der Waals surface area contributed by atoms with Crippen LogP contribution >= 0.6 is 12.2 Å². The van der Waals surface area contributed by atoms with Gasteiger partial charge in [0, 0.05) is 11.3 Å². The van der Waals surface area contributed by atoms with Crippen LogP contribution in [0.3, 0.4) is 0 Å². The largest absolute Gasteiger partial charge is 0.507 e. The zero-order valence-electron chi connectivity index (χ0n) is 13.3. The van der Waals surface area contributed by atoms with Crippen LogP contribution in [0.15, 0.2) is 54.3 Å². The van der Waals surface area contributed by atoms with Gasteiger partial charge < -0.3 is 15.2 Å². The Hall–Kier alpha value is -2.84. The third-order valence-electron chi connectivity index (χ3n) is 3.81. The van der Waals surface area contributed by atoms with Crippen molar-refractivity contribution in [1.82, 2.24) is 0 Å². The van der Waals surface area contributed by atoms with Gasteiger partial charge in [0.1, 0.15) is 16.5 Å². The summed E-state index contributed by atoms with van der Waals surface area (Å²) in [4.78, 5) is 0.381. The van der Waals surface area contributed by atoms with Gasteiger partial charge >= 0.3 is 0 Å². The van der Waals surface area contributed by atoms with E-state index < -0.39 is 5.60 Å². The highest BCUT2D eigenvalue weighted by Gasteiger charge is 2.36. The summed E-state index contributed by atoms with van der Waals surface area (Å²) in [7, 11) is 0. The summed E-state index contributed by atoms with van der Waals surface area (Å²) in [6.07, 6.45) is 0. The maximum Gasteiger partial charge on any atom is 0.160 e. The Kier molecular flexibility index (Phi) is 4.00. The van der Waals surface area contributed by atoms with E-state index in [1.54, 1.807) is 32.0 Å². The van der Waals surface area contributed by atoms with E-state index in [0.717, 1.165) is 5.69 Å². The summed E-state index contributed by atoms with van der Waals surface area (Å²) in [6.45, 7) is 3.54. The second-order valence-electron chi connectivity index (χ2n) is 5.98. The van der Waals surface area contributed by atoms with Crippen LogP contribution in [0.4, 0.5) is 5.69 Å². The van der Waals surface area contributed by atoms with Crippen molar-refractivity contribution in [3.63, 3.8) is 0 Å². The third-order valence-corrected chi connectivity index (χ3v) is 4.12. The van der Waals surface area contributed by atoms with E-state index in [2.05, 4.69) is 11.4 Å². The van der Waals surface area contributed by atoms with Crippen LogP contribution in [0.1, 0.15) is 25.0 Å². The molecule has 0 fully saturated rings. The molecule has 120 valence electrons. The summed E-state index contributed by atoms with van der Waals surface area (Å²) in [6, 6.07) is 16.7. The highest BCUT2D eigenvalue weighted by Crippen LogP contribution is 2.41. The molecule has 4 nitrogen and oxygen atoms in total. The standard InChI is InChI=1S/C19H16N2O2S/c1-19(2)17(22)16(18(24)21-13-6-4-3-5-7-13)14-10-12(11-20)8-9-15(14)23-19/h3-10,22H,1-2H3,(H,21,24). The van der Waals surface area contributed by atoms with E-state index in [0.29, 0.717) is 27.4 Å². The van der Waals surface area contributed by atoms with E-state index in [9.17, 15) is 5.11 Å². The molecule has 5 heteroatoms. The Labute approximate surface area is 146 Å². The average molecular weight is 336 g/mol. The van der Waals surface area contributed by atoms with Gasteiger partial charge in [-0.3, -0.25) is 0 Å². The molecular formula is C19H16N2O2S. The molecule has 0 saturated heterocycles. The van der Waals surface area contributed by atoms with E-state index >= 15 is 0 Å². The van der Waals surface area contributed by atoms with Gasteiger partial charge in [0.05, 0.1) is 17.2 Å². The van der Waals surface area contributed by atoms with Gasteiger partial charge in [0.25, 0.3) is 0 Å². The van der Waals surface area contributed by atoms with Crippen molar-refractivity contribution >= 4 is 28.5 Å². The molecule has 0 aromatic heterocycles. The SMILES string of the molecule is CC1(C)Oc2ccc(C#N)cc2C(C(=S)Nc2ccccc2)=C1O. The Bertz CT molecular complexity index is 880. The third kappa shape index (κ3) is 2.84. The number of nitrogens with one attached hydrogen (secondary N) is 1. The molecule has 0 unspecified atom stereocenters. The van der Waals surface area contributed by atoms with Gasteiger partial charge in [0.15, 0.2) is 5.60 Å². The lowest BCUT2D eigenvalue weighted by atomic mass is 9.91. The number of aliphatic hydroxyl groups is 1. The average Bonchev–Trinajstić information content (AvgIpc) is 2.56. The Balaban J connectivity index is 2.09. The number of ether oxygens (including phenoxy) is 1. The molecule has 2 aromatic carbocycles. The second-order valence-corrected chi connectivity index (χ2v) is 6.39. The smallest absolute Gasteiger partial charge is 0.160 e. The number of nitrogens with zero attached hydrogens (tertiary/aromatic N) is 1. The topological polar surface area (TPSA) is 65.3 Å². The lowest BCUT2D eigenvalue weighted by Crippen LogP contribution is -2.36.